The van der Waals surface area contributed by atoms with E-state index in [4.69, 9.17) is 9.97 Å². The first-order valence-corrected chi connectivity index (χ1v) is 14.5. The number of hydrogen-bond donors (Lipinski definition) is 0. The first kappa shape index (κ1) is 23.4. The van der Waals surface area contributed by atoms with Gasteiger partial charge in [-0.15, -0.1) is 0 Å². The predicted molar refractivity (Wildman–Crippen MR) is 174 cm³/mol. The van der Waals surface area contributed by atoms with Gasteiger partial charge >= 0.3 is 0 Å². The van der Waals surface area contributed by atoms with E-state index < -0.39 is 0 Å². The molecule has 6 aromatic carbocycles. The molecule has 198 valence electrons. The van der Waals surface area contributed by atoms with Gasteiger partial charge in [-0.25, -0.2) is 9.97 Å². The van der Waals surface area contributed by atoms with Crippen LogP contribution in [0.3, 0.4) is 0 Å². The van der Waals surface area contributed by atoms with E-state index in [2.05, 4.69) is 146 Å². The molecule has 1 aliphatic rings. The number of rotatable bonds is 2. The highest BCUT2D eigenvalue weighted by Crippen LogP contribution is 2.56. The molecule has 0 unspecified atom stereocenters. The normalized spacial score (nSPS) is 13.7. The summed E-state index contributed by atoms with van der Waals surface area (Å²) in [4.78, 5) is 10.6. The van der Waals surface area contributed by atoms with Gasteiger partial charge in [0.1, 0.15) is 0 Å². The molecule has 0 fully saturated rings. The van der Waals surface area contributed by atoms with Gasteiger partial charge in [0.25, 0.3) is 0 Å². The maximum atomic E-state index is 5.37. The van der Waals surface area contributed by atoms with Crippen LogP contribution in [0.4, 0.5) is 0 Å². The van der Waals surface area contributed by atoms with Crippen LogP contribution in [-0.2, 0) is 5.41 Å². The fourth-order valence-electron chi connectivity index (χ4n) is 7.38. The molecule has 2 aromatic heterocycles. The van der Waals surface area contributed by atoms with E-state index >= 15 is 0 Å². The van der Waals surface area contributed by atoms with Crippen molar-refractivity contribution in [1.29, 1.82) is 0 Å². The zero-order chi connectivity index (χ0) is 28.0. The number of fused-ring (bicyclic) bond motifs is 11. The molecule has 0 radical (unpaired) electrons. The van der Waals surface area contributed by atoms with E-state index in [-0.39, 0.29) is 5.41 Å². The molecule has 0 atom stereocenters. The molecule has 3 heteroatoms. The third-order valence-electron chi connectivity index (χ3n) is 9.16. The SMILES string of the molecule is CC1(C)c2ccccc2-c2c1c1c(c3ccccc23)c2ccccc2n1-c1nc(-c2ccccc2)c2ccccc2n1. The lowest BCUT2D eigenvalue weighted by molar-refractivity contribution is 0.664. The fourth-order valence-corrected chi connectivity index (χ4v) is 7.38. The highest BCUT2D eigenvalue weighted by Gasteiger charge is 2.40. The van der Waals surface area contributed by atoms with Gasteiger partial charge < -0.3 is 0 Å². The van der Waals surface area contributed by atoms with E-state index in [1.54, 1.807) is 0 Å². The summed E-state index contributed by atoms with van der Waals surface area (Å²) in [6, 6.07) is 45.4. The van der Waals surface area contributed by atoms with Crippen LogP contribution in [0.25, 0.3) is 71.8 Å². The van der Waals surface area contributed by atoms with E-state index in [0.29, 0.717) is 5.95 Å². The van der Waals surface area contributed by atoms with Gasteiger partial charge in [-0.2, -0.15) is 0 Å². The molecule has 0 bridgehead atoms. The van der Waals surface area contributed by atoms with Crippen molar-refractivity contribution in [2.24, 2.45) is 0 Å². The first-order chi connectivity index (χ1) is 20.6. The average molecular weight is 538 g/mol. The van der Waals surface area contributed by atoms with E-state index in [1.807, 2.05) is 0 Å². The van der Waals surface area contributed by atoms with Crippen molar-refractivity contribution >= 4 is 43.5 Å². The Morgan fingerprint density at radius 1 is 0.571 bits per heavy atom. The van der Waals surface area contributed by atoms with Crippen molar-refractivity contribution in [2.45, 2.75) is 19.3 Å². The molecule has 0 spiro atoms. The van der Waals surface area contributed by atoms with Crippen LogP contribution in [-0.4, -0.2) is 14.5 Å². The van der Waals surface area contributed by atoms with E-state index in [0.717, 1.165) is 27.7 Å². The van der Waals surface area contributed by atoms with Gasteiger partial charge in [0.2, 0.25) is 5.95 Å². The molecule has 0 saturated heterocycles. The number of nitrogens with zero attached hydrogens (tertiary/aromatic N) is 3. The van der Waals surface area contributed by atoms with Gasteiger partial charge in [-0.3, -0.25) is 4.57 Å². The maximum Gasteiger partial charge on any atom is 0.235 e. The summed E-state index contributed by atoms with van der Waals surface area (Å²) in [6.07, 6.45) is 0. The third-order valence-corrected chi connectivity index (χ3v) is 9.16. The van der Waals surface area contributed by atoms with Gasteiger partial charge in [0.05, 0.1) is 22.2 Å². The number of benzene rings is 6. The maximum absolute atomic E-state index is 5.37. The Labute approximate surface area is 243 Å². The molecule has 1 aliphatic carbocycles. The lowest BCUT2D eigenvalue weighted by Gasteiger charge is -2.24. The minimum atomic E-state index is -0.209. The molecule has 9 rings (SSSR count). The van der Waals surface area contributed by atoms with Crippen LogP contribution >= 0.6 is 0 Å². The van der Waals surface area contributed by atoms with Crippen LogP contribution in [0, 0.1) is 0 Å². The summed E-state index contributed by atoms with van der Waals surface area (Å²) < 4.78 is 2.34. The Morgan fingerprint density at radius 3 is 2.05 bits per heavy atom. The molecule has 2 heterocycles. The second kappa shape index (κ2) is 8.37. The summed E-state index contributed by atoms with van der Waals surface area (Å²) in [5.74, 6) is 0.697. The Bertz CT molecular complexity index is 2380. The Kier molecular flexibility index (Phi) is 4.67. The van der Waals surface area contributed by atoms with Crippen molar-refractivity contribution in [3.8, 4) is 28.3 Å². The Hall–Kier alpha value is -5.28. The first-order valence-electron chi connectivity index (χ1n) is 14.5. The predicted octanol–water partition coefficient (Wildman–Crippen LogP) is 9.85. The van der Waals surface area contributed by atoms with Gasteiger partial charge in [-0.05, 0) is 45.2 Å². The van der Waals surface area contributed by atoms with E-state index in [9.17, 15) is 0 Å². The number of para-hydroxylation sites is 2. The molecule has 3 nitrogen and oxygen atoms in total. The van der Waals surface area contributed by atoms with Crippen LogP contribution in [0.2, 0.25) is 0 Å². The van der Waals surface area contributed by atoms with Gasteiger partial charge in [0, 0.05) is 27.1 Å². The van der Waals surface area contributed by atoms with Crippen LogP contribution in [0.5, 0.6) is 0 Å². The van der Waals surface area contributed by atoms with Gasteiger partial charge in [0.15, 0.2) is 0 Å². The van der Waals surface area contributed by atoms with Crippen molar-refractivity contribution in [1.82, 2.24) is 14.5 Å². The minimum Gasteiger partial charge on any atom is -0.278 e. The number of aromatic nitrogens is 3. The monoisotopic (exact) mass is 537 g/mol. The molecule has 0 amide bonds. The van der Waals surface area contributed by atoms with Crippen molar-refractivity contribution in [3.05, 3.63) is 139 Å². The Balaban J connectivity index is 1.53. The summed E-state index contributed by atoms with van der Waals surface area (Å²) in [5, 5.41) is 6.09. The van der Waals surface area contributed by atoms with Crippen molar-refractivity contribution in [3.63, 3.8) is 0 Å². The highest BCUT2D eigenvalue weighted by atomic mass is 15.2. The summed E-state index contributed by atoms with van der Waals surface area (Å²) >= 11 is 0. The number of hydrogen-bond acceptors (Lipinski definition) is 2. The standard InChI is InChI=1S/C39H27N3/c1-39(2)30-21-11-8-18-27(30)33-25-16-6-7-17-26(25)34-29-20-10-13-23-32(29)42(37(34)35(33)39)38-40-31-22-12-9-19-28(31)36(41-38)24-14-4-3-5-15-24/h3-23H,1-2H3. The van der Waals surface area contributed by atoms with Crippen LogP contribution in [0.1, 0.15) is 25.0 Å². The van der Waals surface area contributed by atoms with Crippen LogP contribution in [0.15, 0.2) is 127 Å². The zero-order valence-electron chi connectivity index (χ0n) is 23.5. The quantitative estimate of drug-likeness (QED) is 0.220. The molecule has 42 heavy (non-hydrogen) atoms. The lowest BCUT2D eigenvalue weighted by Crippen LogP contribution is -2.17. The third kappa shape index (κ3) is 3.00. The summed E-state index contributed by atoms with van der Waals surface area (Å²) in [5.41, 5.74) is 10.4. The molecular weight excluding hydrogens is 510 g/mol. The lowest BCUT2D eigenvalue weighted by atomic mass is 9.80. The molecule has 0 N–H and O–H groups in total. The molecular formula is C39H27N3. The summed E-state index contributed by atoms with van der Waals surface area (Å²) in [7, 11) is 0. The topological polar surface area (TPSA) is 30.7 Å². The van der Waals surface area contributed by atoms with Gasteiger partial charge in [-0.1, -0.05) is 129 Å². The molecule has 0 saturated carbocycles. The van der Waals surface area contributed by atoms with Crippen LogP contribution < -0.4 is 0 Å². The van der Waals surface area contributed by atoms with Crippen molar-refractivity contribution < 1.29 is 0 Å². The zero-order valence-corrected chi connectivity index (χ0v) is 23.5. The second-order valence-electron chi connectivity index (χ2n) is 11.8. The molecule has 8 aromatic rings. The van der Waals surface area contributed by atoms with E-state index in [1.165, 1.54) is 49.3 Å². The minimum absolute atomic E-state index is 0.209. The average Bonchev–Trinajstić information content (AvgIpc) is 3.50. The second-order valence-corrected chi connectivity index (χ2v) is 11.8. The fraction of sp³-hybridized carbons (Fsp3) is 0.0769. The smallest absolute Gasteiger partial charge is 0.235 e. The Morgan fingerprint density at radius 2 is 1.21 bits per heavy atom. The summed E-state index contributed by atoms with van der Waals surface area (Å²) in [6.45, 7) is 4.73. The van der Waals surface area contributed by atoms with Crippen molar-refractivity contribution in [2.75, 3.05) is 0 Å². The molecule has 0 aliphatic heterocycles. The largest absolute Gasteiger partial charge is 0.278 e. The highest BCUT2D eigenvalue weighted by molar-refractivity contribution is 6.26.